The van der Waals surface area contributed by atoms with Gasteiger partial charge in [-0.3, -0.25) is 9.59 Å². The first-order chi connectivity index (χ1) is 12.0. The summed E-state index contributed by atoms with van der Waals surface area (Å²) >= 11 is 0. The fraction of sp³-hybridized carbons (Fsp3) is 0.556. The molecule has 0 fully saturated rings. The molecule has 0 saturated carbocycles. The Labute approximate surface area is 147 Å². The maximum absolute atomic E-state index is 14.2. The number of likely N-dealkylation sites (N-methyl/N-ethyl adjacent to an activating group) is 1. The van der Waals surface area contributed by atoms with Gasteiger partial charge in [0.2, 0.25) is 0 Å². The number of esters is 1. The van der Waals surface area contributed by atoms with Crippen molar-refractivity contribution in [2.45, 2.75) is 33.6 Å². The van der Waals surface area contributed by atoms with E-state index < -0.39 is 11.8 Å². The minimum absolute atomic E-state index is 0.117. The van der Waals surface area contributed by atoms with Gasteiger partial charge in [-0.05, 0) is 26.3 Å². The van der Waals surface area contributed by atoms with Gasteiger partial charge in [0.25, 0.3) is 5.91 Å². The molecule has 0 spiro atoms. The van der Waals surface area contributed by atoms with Gasteiger partial charge in [0.05, 0.1) is 20.1 Å². The van der Waals surface area contributed by atoms with Crippen LogP contribution in [0, 0.1) is 5.82 Å². The van der Waals surface area contributed by atoms with Gasteiger partial charge in [-0.1, -0.05) is 6.92 Å². The van der Waals surface area contributed by atoms with Crippen molar-refractivity contribution in [2.24, 2.45) is 0 Å². The summed E-state index contributed by atoms with van der Waals surface area (Å²) in [6.07, 6.45) is 0.506. The molecule has 0 aromatic heterocycles. The van der Waals surface area contributed by atoms with E-state index in [1.165, 1.54) is 13.2 Å². The van der Waals surface area contributed by atoms with Crippen molar-refractivity contribution in [1.29, 1.82) is 0 Å². The van der Waals surface area contributed by atoms with Crippen molar-refractivity contribution in [2.75, 3.05) is 33.4 Å². The number of benzene rings is 1. The van der Waals surface area contributed by atoms with Gasteiger partial charge in [-0.2, -0.15) is 0 Å². The number of halogens is 1. The molecule has 0 heterocycles. The minimum Gasteiger partial charge on any atom is -0.493 e. The molecule has 0 aliphatic heterocycles. The summed E-state index contributed by atoms with van der Waals surface area (Å²) in [4.78, 5) is 25.2. The number of nitrogens with zero attached hydrogens (tertiary/aromatic N) is 1. The standard InChI is InChI=1S/C18H26FNO5/c1-5-8-24-18(22)10-13-9-15(23-4)16(11-14(13)19)25-12-17(21)20(6-2)7-3/h9,11H,5-8,10,12H2,1-4H3. The zero-order chi connectivity index (χ0) is 18.8. The van der Waals surface area contributed by atoms with E-state index in [1.807, 2.05) is 20.8 Å². The first-order valence-electron chi connectivity index (χ1n) is 8.39. The van der Waals surface area contributed by atoms with Crippen molar-refractivity contribution in [3.05, 3.63) is 23.5 Å². The lowest BCUT2D eigenvalue weighted by molar-refractivity contribution is -0.142. The molecule has 0 aliphatic carbocycles. The van der Waals surface area contributed by atoms with Crippen LogP contribution in [-0.4, -0.2) is 50.2 Å². The van der Waals surface area contributed by atoms with Crippen LogP contribution in [0.4, 0.5) is 4.39 Å². The number of carbonyl (C=O) groups excluding carboxylic acids is 2. The second-order valence-electron chi connectivity index (χ2n) is 5.35. The smallest absolute Gasteiger partial charge is 0.310 e. The van der Waals surface area contributed by atoms with Gasteiger partial charge < -0.3 is 19.1 Å². The molecule has 1 amide bonds. The van der Waals surface area contributed by atoms with Crippen LogP contribution < -0.4 is 9.47 Å². The van der Waals surface area contributed by atoms with Crippen molar-refractivity contribution in [3.63, 3.8) is 0 Å². The maximum atomic E-state index is 14.2. The Bertz CT molecular complexity index is 587. The Morgan fingerprint density at radius 1 is 1.12 bits per heavy atom. The predicted molar refractivity (Wildman–Crippen MR) is 91.3 cm³/mol. The Balaban J connectivity index is 2.83. The highest BCUT2D eigenvalue weighted by molar-refractivity contribution is 5.78. The summed E-state index contributed by atoms with van der Waals surface area (Å²) in [5.41, 5.74) is 0.153. The van der Waals surface area contributed by atoms with Gasteiger partial charge in [-0.15, -0.1) is 0 Å². The maximum Gasteiger partial charge on any atom is 0.310 e. The lowest BCUT2D eigenvalue weighted by Crippen LogP contribution is -2.34. The van der Waals surface area contributed by atoms with Crippen LogP contribution >= 0.6 is 0 Å². The second-order valence-corrected chi connectivity index (χ2v) is 5.35. The molecule has 1 aromatic carbocycles. The number of rotatable bonds is 10. The molecule has 6 nitrogen and oxygen atoms in total. The van der Waals surface area contributed by atoms with E-state index in [2.05, 4.69) is 0 Å². The number of methoxy groups -OCH3 is 1. The van der Waals surface area contributed by atoms with Crippen molar-refractivity contribution < 1.29 is 28.2 Å². The average Bonchev–Trinajstić information content (AvgIpc) is 2.60. The molecule has 25 heavy (non-hydrogen) atoms. The third-order valence-corrected chi connectivity index (χ3v) is 3.60. The molecule has 0 radical (unpaired) electrons. The molecule has 0 unspecified atom stereocenters. The first kappa shape index (κ1) is 20.7. The van der Waals surface area contributed by atoms with Gasteiger partial charge in [0, 0.05) is 24.7 Å². The van der Waals surface area contributed by atoms with E-state index in [9.17, 15) is 14.0 Å². The normalized spacial score (nSPS) is 10.3. The van der Waals surface area contributed by atoms with Crippen LogP contribution in [0.2, 0.25) is 0 Å². The zero-order valence-corrected chi connectivity index (χ0v) is 15.3. The molecule has 0 saturated heterocycles. The third-order valence-electron chi connectivity index (χ3n) is 3.60. The summed E-state index contributed by atoms with van der Waals surface area (Å²) in [6, 6.07) is 2.51. The monoisotopic (exact) mass is 355 g/mol. The van der Waals surface area contributed by atoms with Crippen LogP contribution in [0.1, 0.15) is 32.8 Å². The second kappa shape index (κ2) is 10.5. The van der Waals surface area contributed by atoms with Crippen molar-refractivity contribution >= 4 is 11.9 Å². The van der Waals surface area contributed by atoms with Gasteiger partial charge in [0.15, 0.2) is 18.1 Å². The summed E-state index contributed by atoms with van der Waals surface area (Å²) in [5, 5.41) is 0. The van der Waals surface area contributed by atoms with E-state index in [1.54, 1.807) is 4.90 Å². The van der Waals surface area contributed by atoms with Gasteiger partial charge >= 0.3 is 5.97 Å². The lowest BCUT2D eigenvalue weighted by Gasteiger charge is -2.19. The van der Waals surface area contributed by atoms with Gasteiger partial charge in [0.1, 0.15) is 5.82 Å². The Hall–Kier alpha value is -2.31. The number of hydrogen-bond donors (Lipinski definition) is 0. The first-order valence-corrected chi connectivity index (χ1v) is 8.39. The van der Waals surface area contributed by atoms with E-state index in [4.69, 9.17) is 14.2 Å². The fourth-order valence-electron chi connectivity index (χ4n) is 2.21. The highest BCUT2D eigenvalue weighted by atomic mass is 19.1. The molecule has 0 atom stereocenters. The number of ether oxygens (including phenoxy) is 3. The molecular formula is C18H26FNO5. The third kappa shape index (κ3) is 6.25. The lowest BCUT2D eigenvalue weighted by atomic mass is 10.1. The van der Waals surface area contributed by atoms with Crippen molar-refractivity contribution in [1.82, 2.24) is 4.90 Å². The Morgan fingerprint density at radius 2 is 1.80 bits per heavy atom. The van der Waals surface area contributed by atoms with E-state index in [0.717, 1.165) is 6.07 Å². The largest absolute Gasteiger partial charge is 0.493 e. The molecule has 1 aromatic rings. The average molecular weight is 355 g/mol. The molecule has 1 rings (SSSR count). The van der Waals surface area contributed by atoms with Crippen LogP contribution in [0.5, 0.6) is 11.5 Å². The number of carbonyl (C=O) groups is 2. The zero-order valence-electron chi connectivity index (χ0n) is 15.3. The number of hydrogen-bond acceptors (Lipinski definition) is 5. The highest BCUT2D eigenvalue weighted by Gasteiger charge is 2.17. The summed E-state index contributed by atoms with van der Waals surface area (Å²) in [7, 11) is 1.41. The van der Waals surface area contributed by atoms with Crippen molar-refractivity contribution in [3.8, 4) is 11.5 Å². The molecule has 7 heteroatoms. The van der Waals surface area contributed by atoms with Gasteiger partial charge in [-0.25, -0.2) is 4.39 Å². The molecule has 140 valence electrons. The predicted octanol–water partition coefficient (Wildman–Crippen LogP) is 2.58. The highest BCUT2D eigenvalue weighted by Crippen LogP contribution is 2.30. The Kier molecular flexibility index (Phi) is 8.74. The van der Waals surface area contributed by atoms with Crippen LogP contribution in [0.15, 0.2) is 12.1 Å². The SMILES string of the molecule is CCCOC(=O)Cc1cc(OC)c(OCC(=O)N(CC)CC)cc1F. The summed E-state index contributed by atoms with van der Waals surface area (Å²) in [5.74, 6) is -0.939. The molecule has 0 N–H and O–H groups in total. The van der Waals surface area contributed by atoms with E-state index in [0.29, 0.717) is 26.1 Å². The van der Waals surface area contributed by atoms with Crippen LogP contribution in [-0.2, 0) is 20.7 Å². The molecular weight excluding hydrogens is 329 g/mol. The van der Waals surface area contributed by atoms with E-state index in [-0.39, 0.29) is 36.0 Å². The van der Waals surface area contributed by atoms with E-state index >= 15 is 0 Å². The minimum atomic E-state index is -0.612. The number of amides is 1. The van der Waals surface area contributed by atoms with Crippen LogP contribution in [0.25, 0.3) is 0 Å². The summed E-state index contributed by atoms with van der Waals surface area (Å²) in [6.45, 7) is 6.85. The topological polar surface area (TPSA) is 65.1 Å². The molecule has 0 bridgehead atoms. The van der Waals surface area contributed by atoms with Crippen LogP contribution in [0.3, 0.4) is 0 Å². The quantitative estimate of drug-likeness (QED) is 0.604. The molecule has 0 aliphatic rings. The summed E-state index contributed by atoms with van der Waals surface area (Å²) < 4.78 is 29.8. The Morgan fingerprint density at radius 3 is 2.36 bits per heavy atom. The fourth-order valence-corrected chi connectivity index (χ4v) is 2.21.